The summed E-state index contributed by atoms with van der Waals surface area (Å²) in [6.07, 6.45) is 4.70. The summed E-state index contributed by atoms with van der Waals surface area (Å²) < 4.78 is 29.6. The van der Waals surface area contributed by atoms with E-state index in [0.29, 0.717) is 42.9 Å². The first kappa shape index (κ1) is 22.1. The number of imidazole rings is 1. The number of hydrogen-bond donors (Lipinski definition) is 0. The molecule has 0 radical (unpaired) electrons. The zero-order chi connectivity index (χ0) is 23.0. The van der Waals surface area contributed by atoms with E-state index >= 15 is 0 Å². The van der Waals surface area contributed by atoms with Crippen LogP contribution in [0.1, 0.15) is 42.6 Å². The summed E-state index contributed by atoms with van der Waals surface area (Å²) in [4.78, 5) is 19.8. The lowest BCUT2D eigenvalue weighted by Gasteiger charge is -2.29. The lowest BCUT2D eigenvalue weighted by Crippen LogP contribution is -2.36. The molecule has 2 aliphatic rings. The molecule has 3 heterocycles. The highest BCUT2D eigenvalue weighted by Gasteiger charge is 2.27. The van der Waals surface area contributed by atoms with Gasteiger partial charge in [-0.3, -0.25) is 4.79 Å². The second-order valence-electron chi connectivity index (χ2n) is 9.04. The molecule has 2 aliphatic heterocycles. The van der Waals surface area contributed by atoms with Crippen LogP contribution in [0.4, 0.5) is 0 Å². The van der Waals surface area contributed by atoms with Crippen LogP contribution < -0.4 is 0 Å². The highest BCUT2D eigenvalue weighted by Crippen LogP contribution is 2.25. The van der Waals surface area contributed by atoms with Crippen molar-refractivity contribution < 1.29 is 13.2 Å². The number of benzene rings is 2. The van der Waals surface area contributed by atoms with E-state index in [9.17, 15) is 13.2 Å². The number of carbonyl (C=O) groups excluding carboxylic acids is 1. The Morgan fingerprint density at radius 3 is 2.55 bits per heavy atom. The Bertz CT molecular complexity index is 1290. The van der Waals surface area contributed by atoms with Crippen LogP contribution in [0.2, 0.25) is 0 Å². The van der Waals surface area contributed by atoms with E-state index in [1.807, 2.05) is 34.7 Å². The number of hydrogen-bond acceptors (Lipinski definition) is 4. The summed E-state index contributed by atoms with van der Waals surface area (Å²) in [5, 5.41) is 0. The van der Waals surface area contributed by atoms with E-state index in [4.69, 9.17) is 4.98 Å². The van der Waals surface area contributed by atoms with Gasteiger partial charge in [0.2, 0.25) is 15.9 Å². The molecule has 0 aliphatic carbocycles. The molecule has 1 saturated heterocycles. The summed E-state index contributed by atoms with van der Waals surface area (Å²) in [6.45, 7) is 2.57. The SMILES string of the molecule is Cn1c(CCC(=O)N2CCc3ccccc3C2)nc2cc(S(=O)(=O)N3CCCCC3)ccc21. The summed E-state index contributed by atoms with van der Waals surface area (Å²) in [5.41, 5.74) is 4.08. The molecule has 8 heteroatoms. The molecule has 0 spiro atoms. The molecule has 0 atom stereocenters. The first-order valence-corrected chi connectivity index (χ1v) is 13.2. The second-order valence-corrected chi connectivity index (χ2v) is 11.0. The molecule has 5 rings (SSSR count). The van der Waals surface area contributed by atoms with Gasteiger partial charge in [0, 0.05) is 46.1 Å². The van der Waals surface area contributed by atoms with Crippen molar-refractivity contribution in [3.8, 4) is 0 Å². The monoisotopic (exact) mass is 466 g/mol. The highest BCUT2D eigenvalue weighted by molar-refractivity contribution is 7.89. The number of rotatable bonds is 5. The maximum Gasteiger partial charge on any atom is 0.243 e. The molecule has 7 nitrogen and oxygen atoms in total. The van der Waals surface area contributed by atoms with E-state index < -0.39 is 10.0 Å². The molecular formula is C25H30N4O3S. The van der Waals surface area contributed by atoms with Crippen LogP contribution in [0, 0.1) is 0 Å². The number of nitrogens with zero attached hydrogens (tertiary/aromatic N) is 4. The zero-order valence-corrected chi connectivity index (χ0v) is 19.9. The Kier molecular flexibility index (Phi) is 5.97. The lowest BCUT2D eigenvalue weighted by atomic mass is 9.99. The van der Waals surface area contributed by atoms with Crippen molar-refractivity contribution >= 4 is 27.0 Å². The molecule has 33 heavy (non-hydrogen) atoms. The van der Waals surface area contributed by atoms with Crippen molar-refractivity contribution in [1.29, 1.82) is 0 Å². The van der Waals surface area contributed by atoms with Gasteiger partial charge in [-0.15, -0.1) is 0 Å². The summed E-state index contributed by atoms with van der Waals surface area (Å²) in [7, 11) is -1.58. The fourth-order valence-corrected chi connectivity index (χ4v) is 6.49. The van der Waals surface area contributed by atoms with Crippen molar-refractivity contribution in [2.75, 3.05) is 19.6 Å². The van der Waals surface area contributed by atoms with E-state index in [-0.39, 0.29) is 5.91 Å². The lowest BCUT2D eigenvalue weighted by molar-refractivity contribution is -0.132. The van der Waals surface area contributed by atoms with Gasteiger partial charge in [0.1, 0.15) is 5.82 Å². The van der Waals surface area contributed by atoms with Gasteiger partial charge in [0.05, 0.1) is 15.9 Å². The molecule has 2 aromatic carbocycles. The minimum atomic E-state index is -3.50. The Hall–Kier alpha value is -2.71. The molecule has 0 bridgehead atoms. The average Bonchev–Trinajstić information content (AvgIpc) is 3.17. The first-order chi connectivity index (χ1) is 15.9. The number of aryl methyl sites for hydroxylation is 2. The van der Waals surface area contributed by atoms with Crippen molar-refractivity contribution in [3.05, 3.63) is 59.4 Å². The van der Waals surface area contributed by atoms with E-state index in [1.54, 1.807) is 16.4 Å². The number of amides is 1. The molecule has 1 fully saturated rings. The number of piperidine rings is 1. The third-order valence-corrected chi connectivity index (χ3v) is 8.84. The fraction of sp³-hybridized carbons (Fsp3) is 0.440. The summed E-state index contributed by atoms with van der Waals surface area (Å²) >= 11 is 0. The highest BCUT2D eigenvalue weighted by atomic mass is 32.2. The van der Waals surface area contributed by atoms with Gasteiger partial charge in [-0.25, -0.2) is 13.4 Å². The van der Waals surface area contributed by atoms with Crippen molar-refractivity contribution in [3.63, 3.8) is 0 Å². The summed E-state index contributed by atoms with van der Waals surface area (Å²) in [6, 6.07) is 13.5. The average molecular weight is 467 g/mol. The number of carbonyl (C=O) groups is 1. The topological polar surface area (TPSA) is 75.5 Å². The predicted octanol–water partition coefficient (Wildman–Crippen LogP) is 3.27. The largest absolute Gasteiger partial charge is 0.338 e. The van der Waals surface area contributed by atoms with Gasteiger partial charge in [-0.2, -0.15) is 4.31 Å². The van der Waals surface area contributed by atoms with E-state index in [2.05, 4.69) is 12.1 Å². The van der Waals surface area contributed by atoms with Crippen LogP contribution >= 0.6 is 0 Å². The smallest absolute Gasteiger partial charge is 0.243 e. The van der Waals surface area contributed by atoms with Crippen molar-refractivity contribution in [2.45, 2.75) is 50.0 Å². The van der Waals surface area contributed by atoms with Gasteiger partial charge in [-0.1, -0.05) is 30.7 Å². The molecule has 3 aromatic rings. The molecule has 1 amide bonds. The minimum Gasteiger partial charge on any atom is -0.338 e. The van der Waals surface area contributed by atoms with Gasteiger partial charge >= 0.3 is 0 Å². The second kappa shape index (κ2) is 8.91. The molecule has 1 aromatic heterocycles. The predicted molar refractivity (Wildman–Crippen MR) is 127 cm³/mol. The summed E-state index contributed by atoms with van der Waals surface area (Å²) in [5.74, 6) is 0.924. The van der Waals surface area contributed by atoms with Crippen LogP contribution in [0.3, 0.4) is 0 Å². The van der Waals surface area contributed by atoms with Gasteiger partial charge in [0.25, 0.3) is 0 Å². The Morgan fingerprint density at radius 1 is 1.00 bits per heavy atom. The first-order valence-electron chi connectivity index (χ1n) is 11.7. The Balaban J connectivity index is 1.30. The Labute approximate surface area is 195 Å². The molecular weight excluding hydrogens is 436 g/mol. The van der Waals surface area contributed by atoms with Gasteiger partial charge in [0.15, 0.2) is 0 Å². The maximum absolute atomic E-state index is 13.0. The van der Waals surface area contributed by atoms with E-state index in [0.717, 1.165) is 43.6 Å². The minimum absolute atomic E-state index is 0.130. The third kappa shape index (κ3) is 4.29. The van der Waals surface area contributed by atoms with Crippen LogP contribution in [0.5, 0.6) is 0 Å². The van der Waals surface area contributed by atoms with Crippen LogP contribution in [-0.4, -0.2) is 52.7 Å². The maximum atomic E-state index is 13.0. The van der Waals surface area contributed by atoms with Crippen molar-refractivity contribution in [2.24, 2.45) is 7.05 Å². The van der Waals surface area contributed by atoms with Crippen LogP contribution in [-0.2, 0) is 41.3 Å². The van der Waals surface area contributed by atoms with Crippen LogP contribution in [0.25, 0.3) is 11.0 Å². The van der Waals surface area contributed by atoms with Gasteiger partial charge in [-0.05, 0) is 48.6 Å². The van der Waals surface area contributed by atoms with E-state index in [1.165, 1.54) is 11.1 Å². The third-order valence-electron chi connectivity index (χ3n) is 6.94. The van der Waals surface area contributed by atoms with Gasteiger partial charge < -0.3 is 9.47 Å². The van der Waals surface area contributed by atoms with Crippen molar-refractivity contribution in [1.82, 2.24) is 18.8 Å². The molecule has 0 N–H and O–H groups in total. The van der Waals surface area contributed by atoms with Crippen LogP contribution in [0.15, 0.2) is 47.4 Å². The zero-order valence-electron chi connectivity index (χ0n) is 19.0. The molecule has 0 saturated carbocycles. The number of aromatic nitrogens is 2. The Morgan fingerprint density at radius 2 is 1.76 bits per heavy atom. The normalized spacial score (nSPS) is 17.3. The number of fused-ring (bicyclic) bond motifs is 2. The fourth-order valence-electron chi connectivity index (χ4n) is 4.95. The quantitative estimate of drug-likeness (QED) is 0.578. The molecule has 174 valence electrons. The standard InChI is InChI=1S/C25H30N4O3S/c1-27-23-10-9-21(33(31,32)29-14-5-2-6-15-29)17-22(23)26-24(27)11-12-25(30)28-16-13-19-7-3-4-8-20(19)18-28/h3-4,7-10,17H,2,5-6,11-16,18H2,1H3. The number of sulfonamides is 1. The molecule has 0 unspecified atom stereocenters.